The maximum atomic E-state index is 11.6. The fraction of sp³-hybridized carbons (Fsp3) is 0.0741. The number of benzene rings is 4. The van der Waals surface area contributed by atoms with Crippen LogP contribution in [0.3, 0.4) is 0 Å². The standard InChI is InChI=1S/C27H20Cl2N8O13S3.Cu/c1-45-19-9-15(34-36-17-7-11(53(42,43)44)3-6-18(17)38)16(10-20(19)46-2)35-37-22-21(51-49-47-40)8-13-12(23(22)39)4-5-14(24(13)52-50-48-41)30-27-32-25(28)31-26(29)33-27;/h3-10,38-41H,1-2H3,(H,42,43,44)(H,30,31,32,33);. The number of rotatable bonds is 15. The van der Waals surface area contributed by atoms with Crippen LogP contribution in [0.5, 0.6) is 23.0 Å². The fourth-order valence-electron chi connectivity index (χ4n) is 4.32. The van der Waals surface area contributed by atoms with Gasteiger partial charge in [0.15, 0.2) is 17.2 Å². The van der Waals surface area contributed by atoms with Gasteiger partial charge in [-0.05, 0) is 59.6 Å². The zero-order valence-corrected chi connectivity index (χ0v) is 31.4. The van der Waals surface area contributed by atoms with E-state index in [0.29, 0.717) is 24.1 Å². The van der Waals surface area contributed by atoms with E-state index in [1.807, 2.05) is 0 Å². The summed E-state index contributed by atoms with van der Waals surface area (Å²) in [5.41, 5.74) is -0.435. The van der Waals surface area contributed by atoms with E-state index in [1.165, 1.54) is 44.6 Å². The van der Waals surface area contributed by atoms with Crippen molar-refractivity contribution in [1.82, 2.24) is 15.0 Å². The monoisotopic (exact) mass is 893 g/mol. The van der Waals surface area contributed by atoms with Crippen LogP contribution in [0.2, 0.25) is 10.6 Å². The van der Waals surface area contributed by atoms with E-state index in [0.717, 1.165) is 18.2 Å². The van der Waals surface area contributed by atoms with E-state index in [1.54, 1.807) is 0 Å². The van der Waals surface area contributed by atoms with Crippen LogP contribution in [0.25, 0.3) is 10.8 Å². The minimum atomic E-state index is -4.64. The van der Waals surface area contributed by atoms with Gasteiger partial charge in [-0.2, -0.15) is 23.4 Å². The number of ether oxygens (including phenoxy) is 2. The van der Waals surface area contributed by atoms with Crippen molar-refractivity contribution in [2.75, 3.05) is 19.5 Å². The predicted molar refractivity (Wildman–Crippen MR) is 186 cm³/mol. The van der Waals surface area contributed by atoms with Crippen molar-refractivity contribution >= 4 is 103 Å². The number of azo groups is 2. The molecule has 5 aromatic rings. The fourth-order valence-corrected chi connectivity index (χ4v) is 6.23. The third-order valence-electron chi connectivity index (χ3n) is 6.56. The van der Waals surface area contributed by atoms with Gasteiger partial charge in [0.05, 0.1) is 58.7 Å². The number of aromatic nitrogens is 3. The molecule has 0 amide bonds. The molecule has 0 aliphatic heterocycles. The number of anilines is 2. The van der Waals surface area contributed by atoms with E-state index in [2.05, 4.69) is 55.1 Å². The van der Waals surface area contributed by atoms with E-state index in [-0.39, 0.29) is 94.1 Å². The van der Waals surface area contributed by atoms with Gasteiger partial charge in [-0.25, -0.2) is 10.5 Å². The van der Waals surface area contributed by atoms with E-state index < -0.39 is 26.5 Å². The Balaban J connectivity index is 0.00000650. The number of phenolic OH excluding ortho intramolecular Hbond substituents is 2. The van der Waals surface area contributed by atoms with Crippen LogP contribution in [0, 0.1) is 0 Å². The Labute approximate surface area is 331 Å². The molecular weight excluding hydrogens is 875 g/mol. The van der Waals surface area contributed by atoms with Gasteiger partial charge in [0.2, 0.25) is 16.5 Å². The Morgan fingerprint density at radius 1 is 0.759 bits per heavy atom. The van der Waals surface area contributed by atoms with Gasteiger partial charge in [-0.3, -0.25) is 4.55 Å². The first-order chi connectivity index (χ1) is 25.4. The summed E-state index contributed by atoms with van der Waals surface area (Å²) in [5, 5.41) is 66.3. The molecule has 21 nitrogen and oxygen atoms in total. The minimum absolute atomic E-state index is 0. The number of hydrogen-bond acceptors (Lipinski definition) is 22. The number of nitrogens with one attached hydrogen (secondary N) is 1. The molecule has 1 heterocycles. The van der Waals surface area contributed by atoms with Crippen molar-refractivity contribution in [1.29, 1.82) is 0 Å². The second-order valence-electron chi connectivity index (χ2n) is 9.60. The average Bonchev–Trinajstić information content (AvgIpc) is 3.11. The summed E-state index contributed by atoms with van der Waals surface area (Å²) in [6.45, 7) is 0. The molecule has 0 spiro atoms. The molecule has 6 N–H and O–H groups in total. The second-order valence-corrected chi connectivity index (χ2v) is 13.2. The molecule has 0 bridgehead atoms. The summed E-state index contributed by atoms with van der Waals surface area (Å²) in [6.07, 6.45) is 0. The number of halogens is 2. The first-order valence-electron chi connectivity index (χ1n) is 13.7. The van der Waals surface area contributed by atoms with Crippen molar-refractivity contribution in [2.45, 2.75) is 14.7 Å². The van der Waals surface area contributed by atoms with Crippen LogP contribution in [-0.2, 0) is 45.9 Å². The molecule has 5 rings (SSSR count). The molecule has 1 radical (unpaired) electrons. The molecule has 0 unspecified atom stereocenters. The van der Waals surface area contributed by atoms with Gasteiger partial charge in [-0.15, -0.1) is 29.1 Å². The Bertz CT molecular complexity index is 2330. The number of phenols is 2. The summed E-state index contributed by atoms with van der Waals surface area (Å²) in [7, 11) is -1.94. The number of fused-ring (bicyclic) bond motifs is 1. The van der Waals surface area contributed by atoms with Gasteiger partial charge in [-0.1, -0.05) is 10.1 Å². The van der Waals surface area contributed by atoms with Crippen molar-refractivity contribution in [2.24, 2.45) is 20.5 Å². The largest absolute Gasteiger partial charge is 0.506 e. The first kappa shape index (κ1) is 42.6. The third kappa shape index (κ3) is 10.1. The molecule has 289 valence electrons. The summed E-state index contributed by atoms with van der Waals surface area (Å²) in [6, 6.07) is 9.87. The van der Waals surface area contributed by atoms with Crippen LogP contribution in [0.4, 0.5) is 34.4 Å². The average molecular weight is 895 g/mol. The van der Waals surface area contributed by atoms with Gasteiger partial charge < -0.3 is 25.0 Å². The maximum Gasteiger partial charge on any atom is 0.294 e. The van der Waals surface area contributed by atoms with Gasteiger partial charge in [0, 0.05) is 40.0 Å². The second kappa shape index (κ2) is 18.9. The van der Waals surface area contributed by atoms with E-state index in [9.17, 15) is 23.2 Å². The summed E-state index contributed by atoms with van der Waals surface area (Å²) in [5.74, 6) is -0.701. The van der Waals surface area contributed by atoms with Crippen molar-refractivity contribution in [3.8, 4) is 23.0 Å². The SMILES string of the molecule is COc1cc(N=Nc2cc(S(=O)(=O)O)ccc2O)c(N=Nc2c(SOOO)cc3c(SOOO)c(Nc4nc(Cl)nc(Cl)n4)ccc3c2O)cc1OC.[Cu]. The molecule has 1 aromatic heterocycles. The molecule has 0 fully saturated rings. The van der Waals surface area contributed by atoms with Crippen LogP contribution >= 0.6 is 47.3 Å². The molecule has 0 aliphatic carbocycles. The predicted octanol–water partition coefficient (Wildman–Crippen LogP) is 8.44. The zero-order valence-electron chi connectivity index (χ0n) is 26.5. The quantitative estimate of drug-likeness (QED) is 0.0143. The number of hydrogen-bond donors (Lipinski definition) is 6. The Hall–Kier alpha value is -4.18. The number of nitrogens with zero attached hydrogens (tertiary/aromatic N) is 7. The van der Waals surface area contributed by atoms with Gasteiger partial charge in [0.1, 0.15) is 28.5 Å². The van der Waals surface area contributed by atoms with Crippen LogP contribution in [-0.4, -0.2) is 62.9 Å². The molecule has 0 atom stereocenters. The van der Waals surface area contributed by atoms with E-state index >= 15 is 0 Å². The Morgan fingerprint density at radius 3 is 1.94 bits per heavy atom. The summed E-state index contributed by atoms with van der Waals surface area (Å²) in [4.78, 5) is 11.2. The maximum absolute atomic E-state index is 11.6. The summed E-state index contributed by atoms with van der Waals surface area (Å²) < 4.78 is 52.7. The molecule has 4 aromatic carbocycles. The number of aromatic hydroxyl groups is 2. The third-order valence-corrected chi connectivity index (χ3v) is 9.11. The molecular formula is C27H20Cl2CuN8O13S3. The van der Waals surface area contributed by atoms with Crippen LogP contribution in [0.15, 0.2) is 83.7 Å². The molecule has 54 heavy (non-hydrogen) atoms. The first-order valence-corrected chi connectivity index (χ1v) is 17.4. The summed E-state index contributed by atoms with van der Waals surface area (Å²) >= 11 is 12.7. The minimum Gasteiger partial charge on any atom is -0.506 e. The van der Waals surface area contributed by atoms with Crippen molar-refractivity contribution in [3.05, 3.63) is 59.1 Å². The molecule has 0 saturated heterocycles. The number of methoxy groups -OCH3 is 2. The van der Waals surface area contributed by atoms with Gasteiger partial charge in [0.25, 0.3) is 10.1 Å². The molecule has 27 heteroatoms. The van der Waals surface area contributed by atoms with Crippen LogP contribution in [0.1, 0.15) is 0 Å². The Kier molecular flexibility index (Phi) is 14.9. The van der Waals surface area contributed by atoms with Gasteiger partial charge >= 0.3 is 0 Å². The Morgan fingerprint density at radius 2 is 1.35 bits per heavy atom. The zero-order chi connectivity index (χ0) is 38.3. The van der Waals surface area contributed by atoms with Crippen LogP contribution < -0.4 is 14.8 Å². The van der Waals surface area contributed by atoms with Crippen molar-refractivity contribution < 1.29 is 79.0 Å². The molecule has 0 saturated carbocycles. The molecule has 0 aliphatic rings. The van der Waals surface area contributed by atoms with Crippen molar-refractivity contribution in [3.63, 3.8) is 0 Å². The topological polar surface area (TPSA) is 291 Å². The van der Waals surface area contributed by atoms with E-state index in [4.69, 9.17) is 47.5 Å². The normalized spacial score (nSPS) is 11.7. The smallest absolute Gasteiger partial charge is 0.294 e.